The van der Waals surface area contributed by atoms with Crippen molar-refractivity contribution in [2.45, 2.75) is 264 Å². The minimum atomic E-state index is -4.26. The average Bonchev–Trinajstić information content (AvgIpc) is 3.20. The molecule has 9 heteroatoms. The summed E-state index contributed by atoms with van der Waals surface area (Å²) in [6, 6.07) is 0. The monoisotopic (exact) mass is 829 g/mol. The second kappa shape index (κ2) is 44.3. The molecule has 0 radical (unpaired) electrons. The number of allylic oxidation sites excluding steroid dienone is 2. The number of unbranched alkanes of at least 4 members (excludes halogenated alkanes) is 33. The first-order chi connectivity index (χ1) is 27.8. The zero-order valence-corrected chi connectivity index (χ0v) is 38.7. The van der Waals surface area contributed by atoms with Crippen molar-refractivity contribution in [2.24, 2.45) is 0 Å². The first-order valence-electron chi connectivity index (χ1n) is 24.4. The highest BCUT2D eigenvalue weighted by atomic mass is 31.2. The molecule has 0 amide bonds. The van der Waals surface area contributed by atoms with Crippen LogP contribution in [0.15, 0.2) is 12.2 Å². The van der Waals surface area contributed by atoms with Crippen molar-refractivity contribution in [2.75, 3.05) is 20.3 Å². The van der Waals surface area contributed by atoms with Crippen LogP contribution in [-0.2, 0) is 32.7 Å². The topological polar surface area (TPSA) is 108 Å². The minimum Gasteiger partial charge on any atom is -0.462 e. The van der Waals surface area contributed by atoms with Crippen LogP contribution < -0.4 is 0 Å². The molecule has 1 N–H and O–H groups in total. The Labute approximate surface area is 352 Å². The molecule has 8 nitrogen and oxygen atoms in total. The third kappa shape index (κ3) is 44.2. The molecule has 0 aromatic rings. The van der Waals surface area contributed by atoms with Crippen LogP contribution >= 0.6 is 7.82 Å². The van der Waals surface area contributed by atoms with Crippen molar-refractivity contribution in [3.63, 3.8) is 0 Å². The second-order valence-corrected chi connectivity index (χ2v) is 18.2. The van der Waals surface area contributed by atoms with Gasteiger partial charge >= 0.3 is 19.8 Å². The Morgan fingerprint density at radius 2 is 0.789 bits per heavy atom. The summed E-state index contributed by atoms with van der Waals surface area (Å²) >= 11 is 0. The van der Waals surface area contributed by atoms with E-state index in [0.717, 1.165) is 39.2 Å². The van der Waals surface area contributed by atoms with E-state index in [0.29, 0.717) is 12.8 Å². The summed E-state index contributed by atoms with van der Waals surface area (Å²) in [6.07, 6.45) is 49.8. The van der Waals surface area contributed by atoms with E-state index < -0.39 is 26.5 Å². The molecule has 57 heavy (non-hydrogen) atoms. The van der Waals surface area contributed by atoms with Crippen molar-refractivity contribution >= 4 is 19.8 Å². The van der Waals surface area contributed by atoms with Crippen molar-refractivity contribution in [1.29, 1.82) is 0 Å². The first-order valence-corrected chi connectivity index (χ1v) is 25.9. The fourth-order valence-corrected chi connectivity index (χ4v) is 7.70. The van der Waals surface area contributed by atoms with Gasteiger partial charge in [0.25, 0.3) is 0 Å². The first kappa shape index (κ1) is 55.8. The molecule has 0 aliphatic heterocycles. The summed E-state index contributed by atoms with van der Waals surface area (Å²) < 4.78 is 32.1. The van der Waals surface area contributed by atoms with Crippen LogP contribution in [0, 0.1) is 0 Å². The Balaban J connectivity index is 3.89. The molecule has 2 atom stereocenters. The maximum absolute atomic E-state index is 12.5. The molecule has 0 bridgehead atoms. The number of ether oxygens (including phenoxy) is 2. The van der Waals surface area contributed by atoms with Gasteiger partial charge in [0.15, 0.2) is 6.10 Å². The van der Waals surface area contributed by atoms with Crippen LogP contribution in [0.2, 0.25) is 0 Å². The molecule has 0 aromatic carbocycles. The van der Waals surface area contributed by atoms with Gasteiger partial charge in [0.05, 0.1) is 6.61 Å². The second-order valence-electron chi connectivity index (χ2n) is 16.6. The number of hydrogen-bond acceptors (Lipinski definition) is 7. The van der Waals surface area contributed by atoms with E-state index in [2.05, 4.69) is 30.5 Å². The fourth-order valence-electron chi connectivity index (χ4n) is 7.24. The molecule has 0 saturated heterocycles. The van der Waals surface area contributed by atoms with E-state index in [1.807, 2.05) is 0 Å². The van der Waals surface area contributed by atoms with Crippen LogP contribution in [0.4, 0.5) is 0 Å². The van der Waals surface area contributed by atoms with Gasteiger partial charge in [-0.25, -0.2) is 4.57 Å². The number of rotatable bonds is 46. The van der Waals surface area contributed by atoms with E-state index in [-0.39, 0.29) is 19.0 Å². The number of carbonyl (C=O) groups excluding carboxylic acids is 2. The Morgan fingerprint density at radius 1 is 0.474 bits per heavy atom. The summed E-state index contributed by atoms with van der Waals surface area (Å²) in [5.41, 5.74) is 0. The third-order valence-electron chi connectivity index (χ3n) is 11.0. The minimum absolute atomic E-state index is 0.219. The number of phosphoric ester groups is 1. The van der Waals surface area contributed by atoms with Crippen LogP contribution in [0.25, 0.3) is 0 Å². The summed E-state index contributed by atoms with van der Waals surface area (Å²) in [6.45, 7) is 3.93. The molecule has 0 aromatic heterocycles. The molecular weight excluding hydrogens is 735 g/mol. The zero-order valence-electron chi connectivity index (χ0n) is 37.8. The normalized spacial score (nSPS) is 13.3. The number of carbonyl (C=O) groups is 2. The highest BCUT2D eigenvalue weighted by Crippen LogP contribution is 2.42. The largest absolute Gasteiger partial charge is 0.472 e. The predicted octanol–water partition coefficient (Wildman–Crippen LogP) is 15.6. The Bertz CT molecular complexity index is 941. The van der Waals surface area contributed by atoms with Crippen LogP contribution in [0.1, 0.15) is 258 Å². The predicted molar refractivity (Wildman–Crippen MR) is 240 cm³/mol. The summed E-state index contributed by atoms with van der Waals surface area (Å²) in [7, 11) is -3.19. The molecule has 0 aliphatic carbocycles. The molecule has 0 fully saturated rings. The number of phosphoric acid groups is 1. The van der Waals surface area contributed by atoms with Crippen LogP contribution in [-0.4, -0.2) is 43.3 Å². The molecule has 0 aliphatic rings. The van der Waals surface area contributed by atoms with Gasteiger partial charge in [-0.15, -0.1) is 0 Å². The SMILES string of the molecule is CCCCCCCC/C=C\CCCCCCCCCCCC(=O)OC(COC(=O)CCCCCCCCCCCCCCCCCCCCC)COP(=O)(O)OC. The van der Waals surface area contributed by atoms with Crippen molar-refractivity contribution in [3.8, 4) is 0 Å². The van der Waals surface area contributed by atoms with Crippen LogP contribution in [0.3, 0.4) is 0 Å². The van der Waals surface area contributed by atoms with Gasteiger partial charge in [-0.2, -0.15) is 0 Å². The van der Waals surface area contributed by atoms with Gasteiger partial charge in [0.2, 0.25) is 0 Å². The van der Waals surface area contributed by atoms with E-state index >= 15 is 0 Å². The zero-order chi connectivity index (χ0) is 41.8. The van der Waals surface area contributed by atoms with E-state index in [1.54, 1.807) is 0 Å². The summed E-state index contributed by atoms with van der Waals surface area (Å²) in [5, 5.41) is 0. The Hall–Kier alpha value is -1.21. The summed E-state index contributed by atoms with van der Waals surface area (Å²) in [5.74, 6) is -0.790. The molecule has 0 spiro atoms. The molecular formula is C48H93O8P. The maximum atomic E-state index is 12.5. The highest BCUT2D eigenvalue weighted by molar-refractivity contribution is 7.47. The quantitative estimate of drug-likeness (QED) is 0.0280. The summed E-state index contributed by atoms with van der Waals surface area (Å²) in [4.78, 5) is 34.6. The van der Waals surface area contributed by atoms with Gasteiger partial charge in [-0.3, -0.25) is 18.6 Å². The standard InChI is InChI=1S/C48H93O8P/c1-4-6-8-10-12-14-16-18-20-22-24-26-28-30-32-34-36-38-40-42-47(49)54-44-46(45-55-57(51,52)53-3)56-48(50)43-41-39-37-35-33-31-29-27-25-23-21-19-17-15-13-11-9-7-5-2/h19,21,46H,4-18,20,22-45H2,1-3H3,(H,51,52)/b21-19-. The van der Waals surface area contributed by atoms with E-state index in [4.69, 9.17) is 14.0 Å². The van der Waals surface area contributed by atoms with Crippen molar-refractivity contribution < 1.29 is 37.6 Å². The van der Waals surface area contributed by atoms with Crippen molar-refractivity contribution in [1.82, 2.24) is 0 Å². The lowest BCUT2D eigenvalue weighted by Gasteiger charge is -2.19. The van der Waals surface area contributed by atoms with Gasteiger partial charge in [-0.1, -0.05) is 219 Å². The van der Waals surface area contributed by atoms with Crippen molar-refractivity contribution in [3.05, 3.63) is 12.2 Å². The molecule has 0 rings (SSSR count). The smallest absolute Gasteiger partial charge is 0.462 e. The Morgan fingerprint density at radius 3 is 1.14 bits per heavy atom. The maximum Gasteiger partial charge on any atom is 0.472 e. The van der Waals surface area contributed by atoms with Gasteiger partial charge in [-0.05, 0) is 38.5 Å². The molecule has 0 heterocycles. The number of hydrogen-bond donors (Lipinski definition) is 1. The van der Waals surface area contributed by atoms with Gasteiger partial charge in [0.1, 0.15) is 6.61 Å². The van der Waals surface area contributed by atoms with Crippen LogP contribution in [0.5, 0.6) is 0 Å². The van der Waals surface area contributed by atoms with E-state index in [9.17, 15) is 19.0 Å². The highest BCUT2D eigenvalue weighted by Gasteiger charge is 2.24. The fraction of sp³-hybridized carbons (Fsp3) is 0.917. The molecule has 338 valence electrons. The van der Waals surface area contributed by atoms with Gasteiger partial charge < -0.3 is 14.4 Å². The lowest BCUT2D eigenvalue weighted by molar-refractivity contribution is -0.161. The lowest BCUT2D eigenvalue weighted by atomic mass is 10.0. The average molecular weight is 829 g/mol. The van der Waals surface area contributed by atoms with Gasteiger partial charge in [0, 0.05) is 20.0 Å². The van der Waals surface area contributed by atoms with E-state index in [1.165, 1.54) is 193 Å². The number of esters is 2. The molecule has 0 saturated carbocycles. The molecule has 2 unspecified atom stereocenters. The lowest BCUT2D eigenvalue weighted by Crippen LogP contribution is -2.29. The third-order valence-corrected chi connectivity index (χ3v) is 11.9. The Kier molecular flexibility index (Phi) is 43.4.